The number of hydrogen-bond donors (Lipinski definition) is 0. The first-order chi connectivity index (χ1) is 13.4. The number of para-hydroxylation sites is 1. The van der Waals surface area contributed by atoms with Gasteiger partial charge < -0.3 is 14.4 Å². The van der Waals surface area contributed by atoms with Gasteiger partial charge in [-0.05, 0) is 35.7 Å². The van der Waals surface area contributed by atoms with Crippen molar-refractivity contribution in [3.63, 3.8) is 0 Å². The molecule has 5 nitrogen and oxygen atoms in total. The molecule has 3 aromatic rings. The fourth-order valence-corrected chi connectivity index (χ4v) is 3.20. The summed E-state index contributed by atoms with van der Waals surface area (Å²) in [6.07, 6.45) is 0. The Morgan fingerprint density at radius 3 is 2.43 bits per heavy atom. The van der Waals surface area contributed by atoms with Crippen molar-refractivity contribution in [2.24, 2.45) is 0 Å². The Balaban J connectivity index is 1.93. The van der Waals surface area contributed by atoms with E-state index in [9.17, 15) is 4.79 Å². The number of ether oxygens (including phenoxy) is 2. The standard InChI is InChI=1S/C23H26N2O3/c1-15(2)20-13-18(17-8-6-7-9-19(17)24-20)23(26)25(3)14-16-10-11-21(27-4)22(12-16)28-5/h6-13,15H,14H2,1-5H3. The minimum Gasteiger partial charge on any atom is -0.493 e. The Hall–Kier alpha value is -3.08. The van der Waals surface area contributed by atoms with Crippen molar-refractivity contribution in [1.82, 2.24) is 9.88 Å². The van der Waals surface area contributed by atoms with Gasteiger partial charge in [0.25, 0.3) is 5.91 Å². The van der Waals surface area contributed by atoms with Crippen LogP contribution >= 0.6 is 0 Å². The summed E-state index contributed by atoms with van der Waals surface area (Å²) in [5.41, 5.74) is 3.41. The van der Waals surface area contributed by atoms with Gasteiger partial charge in [-0.15, -0.1) is 0 Å². The van der Waals surface area contributed by atoms with Crippen molar-refractivity contribution in [2.45, 2.75) is 26.3 Å². The molecule has 1 aromatic heterocycles. The topological polar surface area (TPSA) is 51.7 Å². The van der Waals surface area contributed by atoms with Crippen LogP contribution in [0.25, 0.3) is 10.9 Å². The second-order valence-corrected chi connectivity index (χ2v) is 7.12. The molecule has 1 amide bonds. The Morgan fingerprint density at radius 2 is 1.75 bits per heavy atom. The Kier molecular flexibility index (Phi) is 5.83. The molecule has 5 heteroatoms. The van der Waals surface area contributed by atoms with Gasteiger partial charge in [-0.3, -0.25) is 9.78 Å². The number of carbonyl (C=O) groups excluding carboxylic acids is 1. The minimum absolute atomic E-state index is 0.0321. The van der Waals surface area contributed by atoms with Gasteiger partial charge in [-0.2, -0.15) is 0 Å². The molecule has 0 saturated heterocycles. The van der Waals surface area contributed by atoms with Crippen LogP contribution in [-0.4, -0.2) is 37.1 Å². The number of amides is 1. The molecule has 0 spiro atoms. The van der Waals surface area contributed by atoms with E-state index in [0.717, 1.165) is 22.2 Å². The van der Waals surface area contributed by atoms with Crippen LogP contribution in [0.1, 0.15) is 41.4 Å². The second-order valence-electron chi connectivity index (χ2n) is 7.12. The maximum absolute atomic E-state index is 13.3. The average molecular weight is 378 g/mol. The average Bonchev–Trinajstić information content (AvgIpc) is 2.72. The number of nitrogens with zero attached hydrogens (tertiary/aromatic N) is 2. The smallest absolute Gasteiger partial charge is 0.254 e. The molecule has 146 valence electrons. The summed E-state index contributed by atoms with van der Waals surface area (Å²) in [4.78, 5) is 19.7. The first-order valence-electron chi connectivity index (χ1n) is 9.30. The SMILES string of the molecule is COc1ccc(CN(C)C(=O)c2cc(C(C)C)nc3ccccc23)cc1OC. The van der Waals surface area contributed by atoms with Gasteiger partial charge in [0.1, 0.15) is 0 Å². The van der Waals surface area contributed by atoms with Gasteiger partial charge in [0.2, 0.25) is 0 Å². The summed E-state index contributed by atoms with van der Waals surface area (Å²) in [6, 6.07) is 15.4. The van der Waals surface area contributed by atoms with Crippen LogP contribution in [0.5, 0.6) is 11.5 Å². The van der Waals surface area contributed by atoms with Crippen LogP contribution in [-0.2, 0) is 6.54 Å². The quantitative estimate of drug-likeness (QED) is 0.627. The first kappa shape index (κ1) is 19.7. The fourth-order valence-electron chi connectivity index (χ4n) is 3.20. The van der Waals surface area contributed by atoms with Crippen molar-refractivity contribution < 1.29 is 14.3 Å². The van der Waals surface area contributed by atoms with Crippen LogP contribution in [0.4, 0.5) is 0 Å². The lowest BCUT2D eigenvalue weighted by atomic mass is 10.0. The molecular weight excluding hydrogens is 352 g/mol. The Labute approximate surface area is 165 Å². The molecule has 0 radical (unpaired) electrons. The number of pyridine rings is 1. The van der Waals surface area contributed by atoms with Crippen LogP contribution in [0, 0.1) is 0 Å². The highest BCUT2D eigenvalue weighted by Crippen LogP contribution is 2.28. The molecule has 1 heterocycles. The zero-order chi connectivity index (χ0) is 20.3. The first-order valence-corrected chi connectivity index (χ1v) is 9.30. The lowest BCUT2D eigenvalue weighted by Crippen LogP contribution is -2.26. The number of benzene rings is 2. The Morgan fingerprint density at radius 1 is 1.04 bits per heavy atom. The zero-order valence-electron chi connectivity index (χ0n) is 17.0. The van der Waals surface area contributed by atoms with E-state index < -0.39 is 0 Å². The van der Waals surface area contributed by atoms with Crippen molar-refractivity contribution in [3.05, 3.63) is 65.4 Å². The highest BCUT2D eigenvalue weighted by molar-refractivity contribution is 6.06. The number of methoxy groups -OCH3 is 2. The number of hydrogen-bond acceptors (Lipinski definition) is 4. The number of carbonyl (C=O) groups is 1. The predicted octanol–water partition coefficient (Wildman–Crippen LogP) is 4.65. The third-order valence-corrected chi connectivity index (χ3v) is 4.77. The van der Waals surface area contributed by atoms with Gasteiger partial charge in [0.05, 0.1) is 25.3 Å². The van der Waals surface area contributed by atoms with E-state index in [1.807, 2.05) is 55.6 Å². The van der Waals surface area contributed by atoms with Crippen LogP contribution in [0.3, 0.4) is 0 Å². The normalized spacial score (nSPS) is 10.9. The van der Waals surface area contributed by atoms with Crippen molar-refractivity contribution in [3.8, 4) is 11.5 Å². The maximum Gasteiger partial charge on any atom is 0.254 e. The summed E-state index contributed by atoms with van der Waals surface area (Å²) in [6.45, 7) is 4.63. The minimum atomic E-state index is -0.0321. The molecule has 0 aliphatic heterocycles. The molecule has 0 N–H and O–H groups in total. The van der Waals surface area contributed by atoms with E-state index in [4.69, 9.17) is 14.5 Å². The van der Waals surface area contributed by atoms with Gasteiger partial charge in [0, 0.05) is 24.7 Å². The van der Waals surface area contributed by atoms with Gasteiger partial charge in [-0.1, -0.05) is 38.1 Å². The van der Waals surface area contributed by atoms with Crippen molar-refractivity contribution in [1.29, 1.82) is 0 Å². The maximum atomic E-state index is 13.3. The van der Waals surface area contributed by atoms with E-state index in [0.29, 0.717) is 23.6 Å². The molecule has 0 unspecified atom stereocenters. The molecule has 0 aliphatic rings. The van der Waals surface area contributed by atoms with Crippen LogP contribution < -0.4 is 9.47 Å². The van der Waals surface area contributed by atoms with E-state index >= 15 is 0 Å². The third-order valence-electron chi connectivity index (χ3n) is 4.77. The molecule has 0 atom stereocenters. The monoisotopic (exact) mass is 378 g/mol. The highest BCUT2D eigenvalue weighted by Gasteiger charge is 2.18. The van der Waals surface area contributed by atoms with Gasteiger partial charge in [-0.25, -0.2) is 0 Å². The van der Waals surface area contributed by atoms with E-state index in [1.165, 1.54) is 0 Å². The summed E-state index contributed by atoms with van der Waals surface area (Å²) in [5, 5.41) is 0.871. The second kappa shape index (κ2) is 8.30. The molecule has 2 aromatic carbocycles. The highest BCUT2D eigenvalue weighted by atomic mass is 16.5. The van der Waals surface area contributed by atoms with Crippen molar-refractivity contribution >= 4 is 16.8 Å². The molecular formula is C23H26N2O3. The van der Waals surface area contributed by atoms with Crippen LogP contribution in [0.15, 0.2) is 48.5 Å². The summed E-state index contributed by atoms with van der Waals surface area (Å²) < 4.78 is 10.7. The lowest BCUT2D eigenvalue weighted by Gasteiger charge is -2.20. The lowest BCUT2D eigenvalue weighted by molar-refractivity contribution is 0.0786. The van der Waals surface area contributed by atoms with E-state index in [1.54, 1.807) is 19.1 Å². The molecule has 0 aliphatic carbocycles. The fraction of sp³-hybridized carbons (Fsp3) is 0.304. The molecule has 0 saturated carbocycles. The summed E-state index contributed by atoms with van der Waals surface area (Å²) in [5.74, 6) is 1.53. The Bertz CT molecular complexity index is 998. The summed E-state index contributed by atoms with van der Waals surface area (Å²) in [7, 11) is 5.02. The molecule has 3 rings (SSSR count). The van der Waals surface area contributed by atoms with Gasteiger partial charge >= 0.3 is 0 Å². The predicted molar refractivity (Wildman–Crippen MR) is 111 cm³/mol. The number of fused-ring (bicyclic) bond motifs is 1. The van der Waals surface area contributed by atoms with Crippen LogP contribution in [0.2, 0.25) is 0 Å². The van der Waals surface area contributed by atoms with Gasteiger partial charge in [0.15, 0.2) is 11.5 Å². The largest absolute Gasteiger partial charge is 0.493 e. The van der Waals surface area contributed by atoms with Crippen molar-refractivity contribution in [2.75, 3.05) is 21.3 Å². The number of rotatable bonds is 6. The summed E-state index contributed by atoms with van der Waals surface area (Å²) >= 11 is 0. The number of aromatic nitrogens is 1. The zero-order valence-corrected chi connectivity index (χ0v) is 17.0. The van der Waals surface area contributed by atoms with E-state index in [2.05, 4.69) is 13.8 Å². The molecule has 0 bridgehead atoms. The third kappa shape index (κ3) is 3.93. The van der Waals surface area contributed by atoms with E-state index in [-0.39, 0.29) is 11.8 Å². The molecule has 28 heavy (non-hydrogen) atoms. The molecule has 0 fully saturated rings.